The molecule has 0 radical (unpaired) electrons. The molecule has 1 atom stereocenters. The zero-order chi connectivity index (χ0) is 23.3. The van der Waals surface area contributed by atoms with Crippen LogP contribution in [0.5, 0.6) is 0 Å². The van der Waals surface area contributed by atoms with Crippen molar-refractivity contribution in [2.75, 3.05) is 6.54 Å². The van der Waals surface area contributed by atoms with Crippen LogP contribution in [0.15, 0.2) is 54.7 Å². The third-order valence-corrected chi connectivity index (χ3v) is 6.54. The maximum Gasteiger partial charge on any atom is 0.262 e. The Bertz CT molecular complexity index is 1260. The van der Waals surface area contributed by atoms with Crippen molar-refractivity contribution in [2.24, 2.45) is 5.41 Å². The third-order valence-electron chi connectivity index (χ3n) is 6.54. The largest absolute Gasteiger partial charge is 0.348 e. The predicted molar refractivity (Wildman–Crippen MR) is 123 cm³/mol. The van der Waals surface area contributed by atoms with Gasteiger partial charge >= 0.3 is 0 Å². The molecular weight excluding hydrogens is 416 g/mol. The van der Waals surface area contributed by atoms with Crippen LogP contribution in [0, 0.1) is 12.3 Å². The lowest BCUT2D eigenvalue weighted by Gasteiger charge is -2.36. The minimum absolute atomic E-state index is 0.0546. The number of aryl methyl sites for hydroxylation is 1. The van der Waals surface area contributed by atoms with E-state index < -0.39 is 11.8 Å². The molecule has 5 rings (SSSR count). The molecule has 2 heterocycles. The van der Waals surface area contributed by atoms with E-state index in [0.717, 1.165) is 40.2 Å². The number of amides is 3. The van der Waals surface area contributed by atoms with E-state index >= 15 is 0 Å². The summed E-state index contributed by atoms with van der Waals surface area (Å²) in [5, 5.41) is 7.72. The Labute approximate surface area is 192 Å². The fraction of sp³-hybridized carbons (Fsp3) is 0.308. The lowest BCUT2D eigenvalue weighted by atomic mass is 9.74. The molecule has 1 aliphatic carbocycles. The standard InChI is InChI=1S/C26H26N4O3/c1-16-8-4-7-11-21(16)30-22-13-26(2,3)12-20(19(22)14-27-30)28-23(31)15-29-24(32)17-9-5-6-10-18(17)25(29)33/h4-11,14,20H,12-13,15H2,1-3H3,(H,28,31). The summed E-state index contributed by atoms with van der Waals surface area (Å²) < 4.78 is 1.97. The van der Waals surface area contributed by atoms with Crippen molar-refractivity contribution in [1.29, 1.82) is 0 Å². The predicted octanol–water partition coefficient (Wildman–Crippen LogP) is 3.61. The lowest BCUT2D eigenvalue weighted by Crippen LogP contribution is -2.43. The first kappa shape index (κ1) is 21.1. The van der Waals surface area contributed by atoms with Crippen molar-refractivity contribution < 1.29 is 14.4 Å². The number of benzene rings is 2. The van der Waals surface area contributed by atoms with E-state index in [2.05, 4.69) is 37.3 Å². The van der Waals surface area contributed by atoms with Gasteiger partial charge in [0.05, 0.1) is 34.7 Å². The average Bonchev–Trinajstić information content (AvgIpc) is 3.28. The minimum Gasteiger partial charge on any atom is -0.348 e. The fourth-order valence-corrected chi connectivity index (χ4v) is 4.95. The van der Waals surface area contributed by atoms with Gasteiger partial charge in [-0.3, -0.25) is 19.3 Å². The number of hydrogen-bond donors (Lipinski definition) is 1. The Kier molecular flexibility index (Phi) is 4.92. The smallest absolute Gasteiger partial charge is 0.262 e. The van der Waals surface area contributed by atoms with Gasteiger partial charge in [0.25, 0.3) is 11.8 Å². The number of nitrogens with zero attached hydrogens (tertiary/aromatic N) is 3. The second-order valence-corrected chi connectivity index (χ2v) is 9.65. The summed E-state index contributed by atoms with van der Waals surface area (Å²) in [4.78, 5) is 39.3. The first-order chi connectivity index (χ1) is 15.7. The highest BCUT2D eigenvalue weighted by atomic mass is 16.2. The van der Waals surface area contributed by atoms with Gasteiger partial charge in [-0.05, 0) is 48.9 Å². The second-order valence-electron chi connectivity index (χ2n) is 9.65. The van der Waals surface area contributed by atoms with Gasteiger partial charge in [0.1, 0.15) is 6.54 Å². The Balaban J connectivity index is 1.39. The van der Waals surface area contributed by atoms with E-state index in [1.54, 1.807) is 24.3 Å². The fourth-order valence-electron chi connectivity index (χ4n) is 4.95. The van der Waals surface area contributed by atoms with E-state index in [0.29, 0.717) is 11.1 Å². The van der Waals surface area contributed by atoms with Crippen molar-refractivity contribution >= 4 is 17.7 Å². The average molecular weight is 443 g/mol. The van der Waals surface area contributed by atoms with Gasteiger partial charge in [-0.25, -0.2) is 4.68 Å². The zero-order valence-electron chi connectivity index (χ0n) is 19.0. The van der Waals surface area contributed by atoms with E-state index in [4.69, 9.17) is 0 Å². The normalized spacial score (nSPS) is 18.8. The van der Waals surface area contributed by atoms with Gasteiger partial charge in [-0.15, -0.1) is 0 Å². The lowest BCUT2D eigenvalue weighted by molar-refractivity contribution is -0.122. The molecule has 1 aromatic heterocycles. The molecule has 0 bridgehead atoms. The van der Waals surface area contributed by atoms with E-state index in [1.807, 2.05) is 29.1 Å². The summed E-state index contributed by atoms with van der Waals surface area (Å²) in [6.45, 7) is 6.10. The van der Waals surface area contributed by atoms with E-state index in [1.165, 1.54) is 0 Å². The summed E-state index contributed by atoms with van der Waals surface area (Å²) in [7, 11) is 0. The molecule has 2 aliphatic rings. The summed E-state index contributed by atoms with van der Waals surface area (Å²) in [6.07, 6.45) is 3.40. The number of aromatic nitrogens is 2. The molecule has 1 N–H and O–H groups in total. The van der Waals surface area contributed by atoms with Gasteiger partial charge in [0.15, 0.2) is 0 Å². The SMILES string of the molecule is Cc1ccccc1-n1ncc2c1CC(C)(C)CC2NC(=O)CN1C(=O)c2ccccc2C1=O. The van der Waals surface area contributed by atoms with Crippen molar-refractivity contribution in [3.63, 3.8) is 0 Å². The minimum atomic E-state index is -0.428. The van der Waals surface area contributed by atoms with Gasteiger partial charge in [0, 0.05) is 5.56 Å². The highest BCUT2D eigenvalue weighted by Crippen LogP contribution is 2.41. The summed E-state index contributed by atoms with van der Waals surface area (Å²) in [5.74, 6) is -1.22. The second kappa shape index (κ2) is 7.69. The molecule has 3 amide bonds. The van der Waals surface area contributed by atoms with Crippen molar-refractivity contribution in [1.82, 2.24) is 20.0 Å². The summed E-state index contributed by atoms with van der Waals surface area (Å²) >= 11 is 0. The number of para-hydroxylation sites is 1. The molecule has 2 aromatic carbocycles. The van der Waals surface area contributed by atoms with Gasteiger partial charge in [-0.1, -0.05) is 44.2 Å². The monoisotopic (exact) mass is 442 g/mol. The van der Waals surface area contributed by atoms with Crippen LogP contribution >= 0.6 is 0 Å². The summed E-state index contributed by atoms with van der Waals surface area (Å²) in [6, 6.07) is 14.5. The molecule has 168 valence electrons. The van der Waals surface area contributed by atoms with Crippen molar-refractivity contribution in [2.45, 2.75) is 39.7 Å². The van der Waals surface area contributed by atoms with Crippen LogP contribution in [-0.4, -0.2) is 38.9 Å². The van der Waals surface area contributed by atoms with Crippen LogP contribution in [0.25, 0.3) is 5.69 Å². The highest BCUT2D eigenvalue weighted by molar-refractivity contribution is 6.22. The van der Waals surface area contributed by atoms with Crippen molar-refractivity contribution in [3.05, 3.63) is 82.7 Å². The van der Waals surface area contributed by atoms with Crippen LogP contribution in [-0.2, 0) is 11.2 Å². The quantitative estimate of drug-likeness (QED) is 0.626. The molecule has 33 heavy (non-hydrogen) atoms. The number of hydrogen-bond acceptors (Lipinski definition) is 4. The number of nitrogens with one attached hydrogen (secondary N) is 1. The molecule has 7 nitrogen and oxygen atoms in total. The van der Waals surface area contributed by atoms with Gasteiger partial charge in [0.2, 0.25) is 5.91 Å². The molecule has 3 aromatic rings. The van der Waals surface area contributed by atoms with Crippen LogP contribution in [0.3, 0.4) is 0 Å². The van der Waals surface area contributed by atoms with Crippen molar-refractivity contribution in [3.8, 4) is 5.69 Å². The van der Waals surface area contributed by atoms with E-state index in [9.17, 15) is 14.4 Å². The zero-order valence-corrected chi connectivity index (χ0v) is 19.0. The molecule has 7 heteroatoms. The van der Waals surface area contributed by atoms with Gasteiger partial charge < -0.3 is 5.32 Å². The first-order valence-electron chi connectivity index (χ1n) is 11.1. The van der Waals surface area contributed by atoms with Crippen LogP contribution < -0.4 is 5.32 Å². The first-order valence-corrected chi connectivity index (χ1v) is 11.1. The molecule has 1 unspecified atom stereocenters. The topological polar surface area (TPSA) is 84.3 Å². The molecule has 1 aliphatic heterocycles. The third kappa shape index (κ3) is 3.63. The Hall–Kier alpha value is -3.74. The molecule has 0 saturated heterocycles. The van der Waals surface area contributed by atoms with E-state index in [-0.39, 0.29) is 23.9 Å². The molecule has 0 spiro atoms. The summed E-state index contributed by atoms with van der Waals surface area (Å²) in [5.41, 5.74) is 4.83. The molecule has 0 fully saturated rings. The molecule has 0 saturated carbocycles. The Morgan fingerprint density at radius 2 is 1.70 bits per heavy atom. The Morgan fingerprint density at radius 3 is 2.36 bits per heavy atom. The van der Waals surface area contributed by atoms with Gasteiger partial charge in [-0.2, -0.15) is 5.10 Å². The maximum atomic E-state index is 13.0. The van der Waals surface area contributed by atoms with Crippen LogP contribution in [0.4, 0.5) is 0 Å². The van der Waals surface area contributed by atoms with Crippen LogP contribution in [0.1, 0.15) is 63.8 Å². The number of carbonyl (C=O) groups is 3. The number of rotatable bonds is 4. The number of carbonyl (C=O) groups excluding carboxylic acids is 3. The van der Waals surface area contributed by atoms with Crippen LogP contribution in [0.2, 0.25) is 0 Å². The number of imide groups is 1. The molecular formula is C26H26N4O3. The number of fused-ring (bicyclic) bond motifs is 2. The highest BCUT2D eigenvalue weighted by Gasteiger charge is 2.39. The Morgan fingerprint density at radius 1 is 1.06 bits per heavy atom. The maximum absolute atomic E-state index is 13.0.